The first kappa shape index (κ1) is 18.6. The Bertz CT molecular complexity index is 959. The Morgan fingerprint density at radius 1 is 0.962 bits per heavy atom. The molecule has 1 heterocycles. The second-order valence-corrected chi connectivity index (χ2v) is 8.01. The highest BCUT2D eigenvalue weighted by Gasteiger charge is 2.13. The Labute approximate surface area is 157 Å². The predicted molar refractivity (Wildman–Crippen MR) is 100 cm³/mol. The molecular weight excluding hydrogens is 374 g/mol. The molecule has 0 aliphatic carbocycles. The number of benzene rings is 2. The Morgan fingerprint density at radius 3 is 2.46 bits per heavy atom. The average Bonchev–Trinajstić information content (AvgIpc) is 3.10. The minimum atomic E-state index is -3.36. The summed E-state index contributed by atoms with van der Waals surface area (Å²) in [6.45, 7) is 0.196. The number of aromatic nitrogens is 2. The van der Waals surface area contributed by atoms with Gasteiger partial charge in [-0.15, -0.1) is 10.2 Å². The van der Waals surface area contributed by atoms with Crippen molar-refractivity contribution in [1.82, 2.24) is 14.9 Å². The largest absolute Gasteiger partial charge is 0.421 e. The van der Waals surface area contributed by atoms with Crippen LogP contribution < -0.4 is 4.72 Å². The zero-order chi connectivity index (χ0) is 18.4. The number of sulfonamides is 1. The van der Waals surface area contributed by atoms with E-state index in [1.807, 2.05) is 42.5 Å². The van der Waals surface area contributed by atoms with Gasteiger partial charge in [0.1, 0.15) is 0 Å². The minimum absolute atomic E-state index is 0.0335. The number of halogens is 1. The Kier molecular flexibility index (Phi) is 6.03. The van der Waals surface area contributed by atoms with E-state index in [0.29, 0.717) is 35.2 Å². The van der Waals surface area contributed by atoms with Crippen LogP contribution in [0.15, 0.2) is 59.0 Å². The van der Waals surface area contributed by atoms with E-state index >= 15 is 0 Å². The summed E-state index contributed by atoms with van der Waals surface area (Å²) in [7, 11) is -3.36. The van der Waals surface area contributed by atoms with Gasteiger partial charge in [0.2, 0.25) is 21.8 Å². The van der Waals surface area contributed by atoms with Crippen molar-refractivity contribution in [2.24, 2.45) is 0 Å². The first-order valence-corrected chi connectivity index (χ1v) is 10.1. The van der Waals surface area contributed by atoms with Crippen LogP contribution >= 0.6 is 11.6 Å². The standard InChI is InChI=1S/C18H18ClN3O3S/c19-16-9-5-4-8-15(16)18-22-21-17(25-18)10-12-20-26(23,24)13-11-14-6-2-1-3-7-14/h1-9,20H,10-13H2. The molecule has 0 spiro atoms. The maximum absolute atomic E-state index is 12.1. The molecule has 1 N–H and O–H groups in total. The molecule has 0 atom stereocenters. The van der Waals surface area contributed by atoms with Crippen LogP contribution in [0, 0.1) is 0 Å². The predicted octanol–water partition coefficient (Wildman–Crippen LogP) is 3.09. The first-order chi connectivity index (χ1) is 12.5. The normalized spacial score (nSPS) is 11.6. The zero-order valence-corrected chi connectivity index (χ0v) is 15.5. The number of aryl methyl sites for hydroxylation is 1. The van der Waals surface area contributed by atoms with Gasteiger partial charge in [-0.2, -0.15) is 0 Å². The van der Waals surface area contributed by atoms with Crippen LogP contribution in [0.1, 0.15) is 11.5 Å². The third-order valence-electron chi connectivity index (χ3n) is 3.73. The lowest BCUT2D eigenvalue weighted by Gasteiger charge is -2.05. The van der Waals surface area contributed by atoms with Crippen molar-refractivity contribution in [3.05, 3.63) is 71.1 Å². The van der Waals surface area contributed by atoms with Gasteiger partial charge in [-0.25, -0.2) is 13.1 Å². The van der Waals surface area contributed by atoms with Crippen LogP contribution in [0.2, 0.25) is 5.02 Å². The quantitative estimate of drug-likeness (QED) is 0.637. The van der Waals surface area contributed by atoms with Gasteiger partial charge in [-0.05, 0) is 24.1 Å². The highest BCUT2D eigenvalue weighted by atomic mass is 35.5. The van der Waals surface area contributed by atoms with Crippen molar-refractivity contribution in [2.75, 3.05) is 12.3 Å². The highest BCUT2D eigenvalue weighted by Crippen LogP contribution is 2.26. The van der Waals surface area contributed by atoms with E-state index < -0.39 is 10.0 Å². The van der Waals surface area contributed by atoms with Crippen LogP contribution in [0.25, 0.3) is 11.5 Å². The van der Waals surface area contributed by atoms with Crippen molar-refractivity contribution in [3.63, 3.8) is 0 Å². The molecule has 6 nitrogen and oxygen atoms in total. The van der Waals surface area contributed by atoms with E-state index in [-0.39, 0.29) is 12.3 Å². The molecule has 136 valence electrons. The summed E-state index contributed by atoms with van der Waals surface area (Å²) >= 11 is 6.10. The topological polar surface area (TPSA) is 85.1 Å². The van der Waals surface area contributed by atoms with E-state index in [1.54, 1.807) is 12.1 Å². The fraction of sp³-hybridized carbons (Fsp3) is 0.222. The Morgan fingerprint density at radius 2 is 1.69 bits per heavy atom. The van der Waals surface area contributed by atoms with Crippen LogP contribution in [0.4, 0.5) is 0 Å². The summed E-state index contributed by atoms with van der Waals surface area (Å²) in [4.78, 5) is 0. The lowest BCUT2D eigenvalue weighted by Crippen LogP contribution is -2.29. The molecule has 3 aromatic rings. The van der Waals surface area contributed by atoms with E-state index in [0.717, 1.165) is 5.56 Å². The zero-order valence-electron chi connectivity index (χ0n) is 13.9. The second-order valence-electron chi connectivity index (χ2n) is 5.68. The second kappa shape index (κ2) is 8.44. The van der Waals surface area contributed by atoms with Gasteiger partial charge in [0.25, 0.3) is 0 Å². The molecule has 1 aromatic heterocycles. The fourth-order valence-corrected chi connectivity index (χ4v) is 3.66. The van der Waals surface area contributed by atoms with E-state index in [1.165, 1.54) is 0 Å². The monoisotopic (exact) mass is 391 g/mol. The molecule has 3 rings (SSSR count). The molecule has 2 aromatic carbocycles. The average molecular weight is 392 g/mol. The lowest BCUT2D eigenvalue weighted by atomic mass is 10.2. The van der Waals surface area contributed by atoms with Gasteiger partial charge >= 0.3 is 0 Å². The van der Waals surface area contributed by atoms with Crippen molar-refractivity contribution < 1.29 is 12.8 Å². The third kappa shape index (κ3) is 5.14. The van der Waals surface area contributed by atoms with Gasteiger partial charge < -0.3 is 4.42 Å². The summed E-state index contributed by atoms with van der Waals surface area (Å²) in [6.07, 6.45) is 0.773. The van der Waals surface area contributed by atoms with Crippen LogP contribution in [0.3, 0.4) is 0 Å². The van der Waals surface area contributed by atoms with Gasteiger partial charge in [-0.1, -0.05) is 54.1 Å². The lowest BCUT2D eigenvalue weighted by molar-refractivity contribution is 0.502. The maximum Gasteiger partial charge on any atom is 0.249 e. The molecule has 26 heavy (non-hydrogen) atoms. The minimum Gasteiger partial charge on any atom is -0.421 e. The molecule has 0 aliphatic heterocycles. The molecule has 0 bridgehead atoms. The molecule has 0 saturated carbocycles. The van der Waals surface area contributed by atoms with Gasteiger partial charge in [0, 0.05) is 13.0 Å². The van der Waals surface area contributed by atoms with Gasteiger partial charge in [0.15, 0.2) is 0 Å². The summed E-state index contributed by atoms with van der Waals surface area (Å²) in [5.74, 6) is 0.703. The molecule has 0 radical (unpaired) electrons. The summed E-state index contributed by atoms with van der Waals surface area (Å²) < 4.78 is 32.3. The van der Waals surface area contributed by atoms with Crippen LogP contribution in [-0.4, -0.2) is 30.9 Å². The SMILES string of the molecule is O=S(=O)(CCc1ccccc1)NCCc1nnc(-c2ccccc2Cl)o1. The Balaban J connectivity index is 1.51. The molecule has 8 heteroatoms. The smallest absolute Gasteiger partial charge is 0.249 e. The fourth-order valence-electron chi connectivity index (χ4n) is 2.38. The highest BCUT2D eigenvalue weighted by molar-refractivity contribution is 7.89. The number of nitrogens with zero attached hydrogens (tertiary/aromatic N) is 2. The van der Waals surface area contributed by atoms with Gasteiger partial charge in [-0.3, -0.25) is 0 Å². The number of hydrogen-bond donors (Lipinski definition) is 1. The summed E-state index contributed by atoms with van der Waals surface area (Å²) in [6, 6.07) is 16.7. The van der Waals surface area contributed by atoms with Crippen molar-refractivity contribution in [1.29, 1.82) is 0 Å². The molecule has 0 aliphatic rings. The van der Waals surface area contributed by atoms with Crippen molar-refractivity contribution >= 4 is 21.6 Å². The molecule has 0 fully saturated rings. The van der Waals surface area contributed by atoms with Crippen LogP contribution in [0.5, 0.6) is 0 Å². The molecular formula is C18H18ClN3O3S. The van der Waals surface area contributed by atoms with E-state index in [4.69, 9.17) is 16.0 Å². The number of hydrogen-bond acceptors (Lipinski definition) is 5. The summed E-state index contributed by atoms with van der Waals surface area (Å²) in [5.41, 5.74) is 1.63. The molecule has 0 amide bonds. The van der Waals surface area contributed by atoms with Gasteiger partial charge in [0.05, 0.1) is 16.3 Å². The first-order valence-electron chi connectivity index (χ1n) is 8.12. The van der Waals surface area contributed by atoms with Crippen molar-refractivity contribution in [3.8, 4) is 11.5 Å². The maximum atomic E-state index is 12.1. The summed E-state index contributed by atoms with van der Waals surface area (Å²) in [5, 5.41) is 8.41. The molecule has 0 unspecified atom stereocenters. The number of nitrogens with one attached hydrogen (secondary N) is 1. The molecule has 0 saturated heterocycles. The number of rotatable bonds is 8. The van der Waals surface area contributed by atoms with E-state index in [2.05, 4.69) is 14.9 Å². The third-order valence-corrected chi connectivity index (χ3v) is 5.45. The van der Waals surface area contributed by atoms with Crippen molar-refractivity contribution in [2.45, 2.75) is 12.8 Å². The van der Waals surface area contributed by atoms with E-state index in [9.17, 15) is 8.42 Å². The Hall–Kier alpha value is -2.22. The van der Waals surface area contributed by atoms with Crippen LogP contribution in [-0.2, 0) is 22.9 Å².